The maximum atomic E-state index is 12.4. The fourth-order valence-electron chi connectivity index (χ4n) is 3.37. The van der Waals surface area contributed by atoms with Gasteiger partial charge in [-0.1, -0.05) is 30.3 Å². The van der Waals surface area contributed by atoms with Crippen LogP contribution in [0.5, 0.6) is 0 Å². The molecule has 0 aromatic heterocycles. The van der Waals surface area contributed by atoms with Crippen LogP contribution in [0.2, 0.25) is 0 Å². The van der Waals surface area contributed by atoms with Crippen LogP contribution in [0, 0.1) is 0 Å². The maximum absolute atomic E-state index is 12.4. The topological polar surface area (TPSA) is 44.4 Å². The van der Waals surface area contributed by atoms with E-state index in [1.165, 1.54) is 18.4 Å². The highest BCUT2D eigenvalue weighted by Crippen LogP contribution is 2.19. The third-order valence-electron chi connectivity index (χ3n) is 4.70. The molecular weight excluding hydrogens is 306 g/mol. The van der Waals surface area contributed by atoms with E-state index in [4.69, 9.17) is 0 Å². The van der Waals surface area contributed by atoms with Gasteiger partial charge in [-0.25, -0.2) is 4.79 Å². The smallest absolute Gasteiger partial charge is 0.315 e. The molecule has 0 radical (unpaired) electrons. The summed E-state index contributed by atoms with van der Waals surface area (Å²) in [5, 5.41) is 6.37. The van der Waals surface area contributed by atoms with E-state index >= 15 is 0 Å². The minimum absolute atomic E-state index is 0.0186. The van der Waals surface area contributed by atoms with Gasteiger partial charge < -0.3 is 15.5 Å². The Morgan fingerprint density at radius 3 is 2.57 bits per heavy atom. The van der Waals surface area contributed by atoms with Crippen molar-refractivity contribution >= 4 is 17.8 Å². The zero-order valence-electron chi connectivity index (χ0n) is 13.7. The molecule has 2 heterocycles. The molecule has 0 saturated carbocycles. The van der Waals surface area contributed by atoms with Crippen molar-refractivity contribution in [1.82, 2.24) is 15.5 Å². The highest BCUT2D eigenvalue weighted by atomic mass is 32.2. The molecule has 0 aliphatic carbocycles. The van der Waals surface area contributed by atoms with Crippen molar-refractivity contribution in [1.29, 1.82) is 0 Å². The molecule has 1 aromatic carbocycles. The van der Waals surface area contributed by atoms with Gasteiger partial charge in [0.15, 0.2) is 0 Å². The van der Waals surface area contributed by atoms with Crippen LogP contribution < -0.4 is 10.6 Å². The third-order valence-corrected chi connectivity index (χ3v) is 5.75. The van der Waals surface area contributed by atoms with Crippen molar-refractivity contribution in [3.8, 4) is 0 Å². The van der Waals surface area contributed by atoms with Crippen LogP contribution in [0.3, 0.4) is 0 Å². The first kappa shape index (κ1) is 16.7. The Bertz CT molecular complexity index is 484. The Morgan fingerprint density at radius 1 is 1.17 bits per heavy atom. The zero-order chi connectivity index (χ0) is 15.9. The standard InChI is InChI=1S/C18H27N3OS/c22-18(19-16-8-12-23-13-9-16)20-17(14-21-10-4-5-11-21)15-6-2-1-3-7-15/h1-3,6-7,16-17H,4-5,8-14H2,(H2,19,20,22)/t17-/m1/s1. The number of thioether (sulfide) groups is 1. The first-order valence-corrected chi connectivity index (χ1v) is 9.89. The Labute approximate surface area is 143 Å². The number of hydrogen-bond donors (Lipinski definition) is 2. The van der Waals surface area contributed by atoms with Gasteiger partial charge in [0.2, 0.25) is 0 Å². The van der Waals surface area contributed by atoms with Crippen molar-refractivity contribution < 1.29 is 4.79 Å². The van der Waals surface area contributed by atoms with E-state index in [9.17, 15) is 4.79 Å². The van der Waals surface area contributed by atoms with Gasteiger partial charge in [0.25, 0.3) is 0 Å². The van der Waals surface area contributed by atoms with E-state index in [0.717, 1.165) is 44.0 Å². The summed E-state index contributed by atoms with van der Waals surface area (Å²) in [6.45, 7) is 3.19. The van der Waals surface area contributed by atoms with E-state index in [1.807, 2.05) is 30.0 Å². The summed E-state index contributed by atoms with van der Waals surface area (Å²) < 4.78 is 0. The Morgan fingerprint density at radius 2 is 1.87 bits per heavy atom. The van der Waals surface area contributed by atoms with E-state index in [0.29, 0.717) is 6.04 Å². The first-order chi connectivity index (χ1) is 11.3. The fourth-order valence-corrected chi connectivity index (χ4v) is 4.48. The van der Waals surface area contributed by atoms with Crippen LogP contribution in [0.1, 0.15) is 37.3 Å². The van der Waals surface area contributed by atoms with E-state index in [-0.39, 0.29) is 12.1 Å². The highest BCUT2D eigenvalue weighted by Gasteiger charge is 2.22. The molecule has 0 bridgehead atoms. The molecule has 4 nitrogen and oxygen atoms in total. The number of urea groups is 1. The fraction of sp³-hybridized carbons (Fsp3) is 0.611. The van der Waals surface area contributed by atoms with Crippen molar-refractivity contribution in [2.45, 2.75) is 37.8 Å². The second-order valence-electron chi connectivity index (χ2n) is 6.48. The largest absolute Gasteiger partial charge is 0.335 e. The molecule has 2 aliphatic heterocycles. The average Bonchev–Trinajstić information content (AvgIpc) is 3.09. The number of carbonyl (C=O) groups excluding carboxylic acids is 1. The lowest BCUT2D eigenvalue weighted by Crippen LogP contribution is -2.46. The van der Waals surface area contributed by atoms with Gasteiger partial charge in [0, 0.05) is 12.6 Å². The van der Waals surface area contributed by atoms with Gasteiger partial charge in [0.1, 0.15) is 0 Å². The number of amides is 2. The van der Waals surface area contributed by atoms with Crippen molar-refractivity contribution in [2.75, 3.05) is 31.1 Å². The zero-order valence-corrected chi connectivity index (χ0v) is 14.5. The van der Waals surface area contributed by atoms with Crippen LogP contribution in [0.25, 0.3) is 0 Å². The molecule has 2 N–H and O–H groups in total. The molecule has 2 fully saturated rings. The molecule has 3 rings (SSSR count). The van der Waals surface area contributed by atoms with Crippen molar-refractivity contribution in [3.63, 3.8) is 0 Å². The minimum atomic E-state index is -0.0186. The number of hydrogen-bond acceptors (Lipinski definition) is 3. The highest BCUT2D eigenvalue weighted by molar-refractivity contribution is 7.99. The van der Waals surface area contributed by atoms with Crippen molar-refractivity contribution in [3.05, 3.63) is 35.9 Å². The van der Waals surface area contributed by atoms with E-state index in [2.05, 4.69) is 27.7 Å². The second-order valence-corrected chi connectivity index (χ2v) is 7.70. The van der Waals surface area contributed by atoms with Crippen LogP contribution in [0.15, 0.2) is 30.3 Å². The molecule has 1 aromatic rings. The summed E-state index contributed by atoms with van der Waals surface area (Å²) in [7, 11) is 0. The first-order valence-electron chi connectivity index (χ1n) is 8.73. The lowest BCUT2D eigenvalue weighted by Gasteiger charge is -2.27. The lowest BCUT2D eigenvalue weighted by atomic mass is 10.1. The van der Waals surface area contributed by atoms with E-state index < -0.39 is 0 Å². The van der Waals surface area contributed by atoms with Gasteiger partial charge in [0.05, 0.1) is 6.04 Å². The average molecular weight is 334 g/mol. The number of nitrogens with zero attached hydrogens (tertiary/aromatic N) is 1. The molecule has 0 spiro atoms. The maximum Gasteiger partial charge on any atom is 0.315 e. The van der Waals surface area contributed by atoms with Crippen LogP contribution in [-0.2, 0) is 0 Å². The quantitative estimate of drug-likeness (QED) is 0.870. The van der Waals surface area contributed by atoms with Gasteiger partial charge in [-0.05, 0) is 55.8 Å². The summed E-state index contributed by atoms with van der Waals surface area (Å²) in [6.07, 6.45) is 4.71. The van der Waals surface area contributed by atoms with Crippen LogP contribution in [0.4, 0.5) is 4.79 Å². The lowest BCUT2D eigenvalue weighted by molar-refractivity contribution is 0.225. The number of likely N-dealkylation sites (tertiary alicyclic amines) is 1. The number of benzene rings is 1. The van der Waals surface area contributed by atoms with Gasteiger partial charge in [-0.2, -0.15) is 11.8 Å². The molecule has 5 heteroatoms. The predicted molar refractivity (Wildman–Crippen MR) is 96.9 cm³/mol. The second kappa shape index (κ2) is 8.60. The van der Waals surface area contributed by atoms with E-state index in [1.54, 1.807) is 0 Å². The third kappa shape index (κ3) is 5.15. The van der Waals surface area contributed by atoms with Gasteiger partial charge in [-0.15, -0.1) is 0 Å². The Hall–Kier alpha value is -1.20. The van der Waals surface area contributed by atoms with Crippen LogP contribution in [-0.4, -0.2) is 48.1 Å². The number of nitrogens with one attached hydrogen (secondary N) is 2. The summed E-state index contributed by atoms with van der Waals surface area (Å²) in [4.78, 5) is 14.9. The normalized spacial score (nSPS) is 21.0. The van der Waals surface area contributed by atoms with Crippen molar-refractivity contribution in [2.24, 2.45) is 0 Å². The van der Waals surface area contributed by atoms with Gasteiger partial charge >= 0.3 is 6.03 Å². The summed E-state index contributed by atoms with van der Waals surface area (Å²) in [5.41, 5.74) is 1.19. The molecule has 23 heavy (non-hydrogen) atoms. The molecule has 2 amide bonds. The SMILES string of the molecule is O=C(NC1CCSCC1)N[C@H](CN1CCCC1)c1ccccc1. The predicted octanol–water partition coefficient (Wildman–Crippen LogP) is 3.02. The Balaban J connectivity index is 1.59. The molecule has 2 aliphatic rings. The van der Waals surface area contributed by atoms with Gasteiger partial charge in [-0.3, -0.25) is 0 Å². The monoisotopic (exact) mass is 333 g/mol. The van der Waals surface area contributed by atoms with Crippen LogP contribution >= 0.6 is 11.8 Å². The summed E-state index contributed by atoms with van der Waals surface area (Å²) in [5.74, 6) is 2.31. The Kier molecular flexibility index (Phi) is 6.22. The molecular formula is C18H27N3OS. The molecule has 126 valence electrons. The molecule has 0 unspecified atom stereocenters. The summed E-state index contributed by atoms with van der Waals surface area (Å²) >= 11 is 1.98. The number of carbonyl (C=O) groups is 1. The molecule has 1 atom stereocenters. The number of rotatable bonds is 5. The molecule has 2 saturated heterocycles. The summed E-state index contributed by atoms with van der Waals surface area (Å²) in [6, 6.07) is 10.7. The minimum Gasteiger partial charge on any atom is -0.335 e.